The van der Waals surface area contributed by atoms with E-state index in [1.165, 1.54) is 11.9 Å². The number of rotatable bonds is 6. The van der Waals surface area contributed by atoms with Crippen molar-refractivity contribution >= 4 is 10.0 Å². The van der Waals surface area contributed by atoms with Crippen LogP contribution in [-0.4, -0.2) is 64.5 Å². The minimum atomic E-state index is -4.15. The van der Waals surface area contributed by atoms with Crippen molar-refractivity contribution in [2.75, 3.05) is 39.0 Å². The van der Waals surface area contributed by atoms with Crippen molar-refractivity contribution in [2.45, 2.75) is 25.1 Å². The second-order valence-corrected chi connectivity index (χ2v) is 6.69. The van der Waals surface area contributed by atoms with Crippen LogP contribution in [0.15, 0.2) is 0 Å². The second kappa shape index (κ2) is 6.87. The molecule has 19 heavy (non-hydrogen) atoms. The molecule has 1 fully saturated rings. The first-order valence-corrected chi connectivity index (χ1v) is 7.81. The highest BCUT2D eigenvalue weighted by molar-refractivity contribution is 7.89. The molecule has 0 aromatic heterocycles. The molecule has 0 aliphatic carbocycles. The van der Waals surface area contributed by atoms with Crippen molar-refractivity contribution in [2.24, 2.45) is 0 Å². The third-order valence-electron chi connectivity index (χ3n) is 3.11. The van der Waals surface area contributed by atoms with Gasteiger partial charge in [0.05, 0.1) is 12.3 Å². The third kappa shape index (κ3) is 7.09. The smallest absolute Gasteiger partial charge is 0.313 e. The van der Waals surface area contributed by atoms with E-state index in [0.29, 0.717) is 32.5 Å². The lowest BCUT2D eigenvalue weighted by Gasteiger charge is -2.32. The van der Waals surface area contributed by atoms with Crippen molar-refractivity contribution in [3.63, 3.8) is 0 Å². The summed E-state index contributed by atoms with van der Waals surface area (Å²) in [7, 11) is -1.87. The molecule has 0 aromatic carbocycles. The SMILES string of the molecule is CNS(=O)(=O)CCNC1CCN(CC(F)(F)F)CC1. The van der Waals surface area contributed by atoms with Gasteiger partial charge in [0.25, 0.3) is 0 Å². The van der Waals surface area contributed by atoms with Crippen molar-refractivity contribution in [3.8, 4) is 0 Å². The standard InChI is InChI=1S/C10H20F3N3O2S/c1-14-19(17,18)7-4-15-9-2-5-16(6-3-9)8-10(11,12)13/h9,14-15H,2-8H2,1H3. The van der Waals surface area contributed by atoms with Gasteiger partial charge in [-0.05, 0) is 33.0 Å². The van der Waals surface area contributed by atoms with Crippen LogP contribution in [-0.2, 0) is 10.0 Å². The van der Waals surface area contributed by atoms with Crippen LogP contribution in [0.1, 0.15) is 12.8 Å². The Morgan fingerprint density at radius 2 is 1.84 bits per heavy atom. The van der Waals surface area contributed by atoms with Crippen LogP contribution in [0.5, 0.6) is 0 Å². The van der Waals surface area contributed by atoms with E-state index in [0.717, 1.165) is 0 Å². The molecule has 1 aliphatic rings. The zero-order valence-electron chi connectivity index (χ0n) is 10.8. The molecule has 0 aromatic rings. The molecule has 1 aliphatic heterocycles. The molecule has 1 saturated heterocycles. The van der Waals surface area contributed by atoms with Crippen LogP contribution in [0.4, 0.5) is 13.2 Å². The number of sulfonamides is 1. The van der Waals surface area contributed by atoms with Gasteiger partial charge in [-0.25, -0.2) is 13.1 Å². The Hall–Kier alpha value is -0.380. The number of hydrogen-bond donors (Lipinski definition) is 2. The Balaban J connectivity index is 2.20. The normalized spacial score (nSPS) is 19.8. The molecule has 1 heterocycles. The van der Waals surface area contributed by atoms with Gasteiger partial charge >= 0.3 is 6.18 Å². The number of likely N-dealkylation sites (tertiary alicyclic amines) is 1. The van der Waals surface area contributed by atoms with Gasteiger partial charge in [0.15, 0.2) is 0 Å². The summed E-state index contributed by atoms with van der Waals surface area (Å²) in [5.74, 6) is -0.0216. The maximum Gasteiger partial charge on any atom is 0.401 e. The molecule has 0 atom stereocenters. The summed E-state index contributed by atoms with van der Waals surface area (Å²) in [6, 6.07) is 0.0940. The van der Waals surface area contributed by atoms with Crippen molar-refractivity contribution in [1.29, 1.82) is 0 Å². The summed E-state index contributed by atoms with van der Waals surface area (Å²) in [6.45, 7) is 0.215. The molecule has 0 bridgehead atoms. The lowest BCUT2D eigenvalue weighted by atomic mass is 10.1. The van der Waals surface area contributed by atoms with E-state index in [2.05, 4.69) is 10.0 Å². The third-order valence-corrected chi connectivity index (χ3v) is 4.47. The monoisotopic (exact) mass is 303 g/mol. The fourth-order valence-electron chi connectivity index (χ4n) is 2.05. The number of hydrogen-bond acceptors (Lipinski definition) is 4. The molecule has 2 N–H and O–H groups in total. The van der Waals surface area contributed by atoms with Crippen molar-refractivity contribution < 1.29 is 21.6 Å². The Bertz CT molecular complexity index is 365. The van der Waals surface area contributed by atoms with Gasteiger partial charge in [-0.2, -0.15) is 13.2 Å². The summed E-state index contributed by atoms with van der Waals surface area (Å²) in [6.07, 6.45) is -2.94. The quantitative estimate of drug-likeness (QED) is 0.733. The number of nitrogens with one attached hydrogen (secondary N) is 2. The van der Waals surface area contributed by atoms with E-state index >= 15 is 0 Å². The molecule has 9 heteroatoms. The minimum absolute atomic E-state index is 0.0216. The lowest BCUT2D eigenvalue weighted by Crippen LogP contribution is -2.46. The second-order valence-electron chi connectivity index (χ2n) is 4.64. The van der Waals surface area contributed by atoms with Crippen LogP contribution in [0, 0.1) is 0 Å². The van der Waals surface area contributed by atoms with Crippen LogP contribution in [0.25, 0.3) is 0 Å². The van der Waals surface area contributed by atoms with E-state index < -0.39 is 22.7 Å². The van der Waals surface area contributed by atoms with Gasteiger partial charge in [-0.3, -0.25) is 4.90 Å². The van der Waals surface area contributed by atoms with Crippen LogP contribution < -0.4 is 10.0 Å². The van der Waals surface area contributed by atoms with Gasteiger partial charge in [0, 0.05) is 12.6 Å². The fourth-order valence-corrected chi connectivity index (χ4v) is 2.64. The fraction of sp³-hybridized carbons (Fsp3) is 1.00. The van der Waals surface area contributed by atoms with Crippen molar-refractivity contribution in [1.82, 2.24) is 14.9 Å². The first-order valence-electron chi connectivity index (χ1n) is 6.15. The molecule has 0 radical (unpaired) electrons. The zero-order chi connectivity index (χ0) is 14.5. The predicted octanol–water partition coefficient (Wildman–Crippen LogP) is 0.152. The number of halogens is 3. The van der Waals surface area contributed by atoms with Gasteiger partial charge in [-0.1, -0.05) is 0 Å². The molecule has 114 valence electrons. The number of nitrogens with zero attached hydrogens (tertiary/aromatic N) is 1. The first kappa shape index (κ1) is 16.7. The average Bonchev–Trinajstić information content (AvgIpc) is 2.29. The molecular weight excluding hydrogens is 283 g/mol. The van der Waals surface area contributed by atoms with E-state index in [4.69, 9.17) is 0 Å². The lowest BCUT2D eigenvalue weighted by molar-refractivity contribution is -0.148. The van der Waals surface area contributed by atoms with Gasteiger partial charge in [0.1, 0.15) is 0 Å². The van der Waals surface area contributed by atoms with Gasteiger partial charge in [-0.15, -0.1) is 0 Å². The molecule has 0 saturated carbocycles. The summed E-state index contributed by atoms with van der Waals surface area (Å²) >= 11 is 0. The largest absolute Gasteiger partial charge is 0.401 e. The highest BCUT2D eigenvalue weighted by Crippen LogP contribution is 2.19. The maximum absolute atomic E-state index is 12.2. The Morgan fingerprint density at radius 3 is 2.32 bits per heavy atom. The van der Waals surface area contributed by atoms with Gasteiger partial charge in [0.2, 0.25) is 10.0 Å². The van der Waals surface area contributed by atoms with E-state index in [9.17, 15) is 21.6 Å². The molecule has 0 unspecified atom stereocenters. The summed E-state index contributed by atoms with van der Waals surface area (Å²) in [5.41, 5.74) is 0. The topological polar surface area (TPSA) is 61.4 Å². The van der Waals surface area contributed by atoms with E-state index in [1.54, 1.807) is 0 Å². The minimum Gasteiger partial charge on any atom is -0.313 e. The highest BCUT2D eigenvalue weighted by atomic mass is 32.2. The Kier molecular flexibility index (Phi) is 6.03. The Morgan fingerprint density at radius 1 is 1.26 bits per heavy atom. The van der Waals surface area contributed by atoms with E-state index in [-0.39, 0.29) is 11.8 Å². The van der Waals surface area contributed by atoms with E-state index in [1.807, 2.05) is 0 Å². The molecule has 5 nitrogen and oxygen atoms in total. The summed E-state index contributed by atoms with van der Waals surface area (Å²) in [5, 5.41) is 3.07. The molecule has 0 spiro atoms. The molecule has 1 rings (SSSR count). The number of alkyl halides is 3. The first-order chi connectivity index (χ1) is 8.72. The van der Waals surface area contributed by atoms with Crippen LogP contribution in [0.3, 0.4) is 0 Å². The van der Waals surface area contributed by atoms with Gasteiger partial charge < -0.3 is 5.32 Å². The maximum atomic E-state index is 12.2. The summed E-state index contributed by atoms with van der Waals surface area (Å²) in [4.78, 5) is 1.38. The predicted molar refractivity (Wildman–Crippen MR) is 66.4 cm³/mol. The molecular formula is C10H20F3N3O2S. The summed E-state index contributed by atoms with van der Waals surface area (Å²) < 4.78 is 61.1. The zero-order valence-corrected chi connectivity index (χ0v) is 11.6. The Labute approximate surface area is 111 Å². The van der Waals surface area contributed by atoms with Crippen LogP contribution >= 0.6 is 0 Å². The average molecular weight is 303 g/mol. The van der Waals surface area contributed by atoms with Crippen molar-refractivity contribution in [3.05, 3.63) is 0 Å². The number of piperidine rings is 1. The van der Waals surface area contributed by atoms with Crippen LogP contribution in [0.2, 0.25) is 0 Å². The molecule has 0 amide bonds. The highest BCUT2D eigenvalue weighted by Gasteiger charge is 2.32.